The molecule has 166 valence electrons. The van der Waals surface area contributed by atoms with Crippen LogP contribution in [-0.4, -0.2) is 62.8 Å². The second-order valence-corrected chi connectivity index (χ2v) is 8.51. The van der Waals surface area contributed by atoms with Crippen LogP contribution in [0, 0.1) is 0 Å². The highest BCUT2D eigenvalue weighted by Gasteiger charge is 2.36. The summed E-state index contributed by atoms with van der Waals surface area (Å²) in [5.41, 5.74) is 6.94. The first-order valence-electron chi connectivity index (χ1n) is 9.60. The van der Waals surface area contributed by atoms with Gasteiger partial charge in [-0.15, -0.1) is 11.6 Å². The van der Waals surface area contributed by atoms with Crippen LogP contribution in [0.2, 0.25) is 0 Å². The van der Waals surface area contributed by atoms with Crippen LogP contribution >= 0.6 is 20.6 Å². The van der Waals surface area contributed by atoms with Gasteiger partial charge >= 0.3 is 5.97 Å². The van der Waals surface area contributed by atoms with E-state index in [9.17, 15) is 4.79 Å². The Bertz CT molecular complexity index is 883. The molecule has 0 amide bonds. The lowest BCUT2D eigenvalue weighted by Crippen LogP contribution is -2.32. The lowest BCUT2D eigenvalue weighted by atomic mass is 10.2. The van der Waals surface area contributed by atoms with Crippen LogP contribution in [0.15, 0.2) is 6.33 Å². The first-order valence-corrected chi connectivity index (χ1v) is 10.9. The zero-order chi connectivity index (χ0) is 21.8. The average molecular weight is 460 g/mol. The van der Waals surface area contributed by atoms with Gasteiger partial charge in [-0.2, -0.15) is 9.97 Å². The van der Waals surface area contributed by atoms with Gasteiger partial charge < -0.3 is 25.0 Å². The number of carbonyl (C=O) groups excluding carboxylic acids is 1. The standard InChI is InChI=1S/C17H27ClN7O4P/c1-8(2)28-16(26)9(3)24-30-27-6-10-5-11(18)15(29-10)25-7-21-12-13(20-4)22-17(19)23-14(12)25/h7-11,15,24,30H,5-6H2,1-4H3,(H3,19,20,22,23). The number of nitrogens with one attached hydrogen (secondary N) is 2. The Labute approximate surface area is 181 Å². The van der Waals surface area contributed by atoms with E-state index in [1.54, 1.807) is 24.9 Å². The molecule has 0 bridgehead atoms. The Balaban J connectivity index is 1.55. The summed E-state index contributed by atoms with van der Waals surface area (Å²) in [6.07, 6.45) is 1.40. The van der Waals surface area contributed by atoms with Gasteiger partial charge in [-0.05, 0) is 27.2 Å². The van der Waals surface area contributed by atoms with E-state index in [0.29, 0.717) is 30.0 Å². The number of fused-ring (bicyclic) bond motifs is 1. The van der Waals surface area contributed by atoms with Crippen LogP contribution in [0.4, 0.5) is 11.8 Å². The van der Waals surface area contributed by atoms with E-state index in [2.05, 4.69) is 25.4 Å². The zero-order valence-corrected chi connectivity index (χ0v) is 19.0. The van der Waals surface area contributed by atoms with Crippen molar-refractivity contribution in [1.82, 2.24) is 24.6 Å². The molecular weight excluding hydrogens is 433 g/mol. The van der Waals surface area contributed by atoms with E-state index in [0.717, 1.165) is 0 Å². The zero-order valence-electron chi connectivity index (χ0n) is 17.3. The molecule has 1 saturated heterocycles. The highest BCUT2D eigenvalue weighted by molar-refractivity contribution is 7.29. The van der Waals surface area contributed by atoms with E-state index in [-0.39, 0.29) is 38.5 Å². The molecular formula is C17H27ClN7O4P. The molecule has 0 radical (unpaired) electrons. The van der Waals surface area contributed by atoms with E-state index >= 15 is 0 Å². The summed E-state index contributed by atoms with van der Waals surface area (Å²) >= 11 is 6.54. The van der Waals surface area contributed by atoms with Crippen molar-refractivity contribution >= 4 is 49.5 Å². The summed E-state index contributed by atoms with van der Waals surface area (Å²) in [6, 6.07) is -0.451. The third-order valence-corrected chi connectivity index (χ3v) is 5.66. The lowest BCUT2D eigenvalue weighted by molar-refractivity contribution is -0.148. The Morgan fingerprint density at radius 1 is 1.47 bits per heavy atom. The van der Waals surface area contributed by atoms with E-state index in [1.807, 2.05) is 13.8 Å². The van der Waals surface area contributed by atoms with Crippen LogP contribution in [0.1, 0.15) is 33.4 Å². The van der Waals surface area contributed by atoms with E-state index in [4.69, 9.17) is 31.3 Å². The first-order chi connectivity index (χ1) is 14.3. The fourth-order valence-corrected chi connectivity index (χ4v) is 4.03. The minimum absolute atomic E-state index is 0.0720. The topological polar surface area (TPSA) is 138 Å². The van der Waals surface area contributed by atoms with Gasteiger partial charge in [0.05, 0.1) is 39.5 Å². The highest BCUT2D eigenvalue weighted by atomic mass is 35.5. The van der Waals surface area contributed by atoms with Gasteiger partial charge in [-0.3, -0.25) is 14.4 Å². The number of nitrogens with two attached hydrogens (primary N) is 1. The van der Waals surface area contributed by atoms with Gasteiger partial charge in [-0.1, -0.05) is 0 Å². The maximum atomic E-state index is 11.8. The number of anilines is 2. The van der Waals surface area contributed by atoms with E-state index in [1.165, 1.54) is 0 Å². The number of ether oxygens (including phenoxy) is 2. The number of imidazole rings is 1. The summed E-state index contributed by atoms with van der Waals surface area (Å²) in [5.74, 6) is 0.362. The van der Waals surface area contributed by atoms with E-state index < -0.39 is 12.3 Å². The Morgan fingerprint density at radius 2 is 2.23 bits per heavy atom. The molecule has 1 fully saturated rings. The smallest absolute Gasteiger partial charge is 0.323 e. The van der Waals surface area contributed by atoms with Crippen molar-refractivity contribution in [3.63, 3.8) is 0 Å². The lowest BCUT2D eigenvalue weighted by Gasteiger charge is -2.18. The van der Waals surface area contributed by atoms with Gasteiger partial charge in [0.15, 0.2) is 23.2 Å². The molecule has 11 nitrogen and oxygen atoms in total. The first kappa shape index (κ1) is 22.9. The number of rotatable bonds is 9. The van der Waals surface area contributed by atoms with Crippen LogP contribution in [0.3, 0.4) is 0 Å². The van der Waals surface area contributed by atoms with Crippen LogP contribution in [0.25, 0.3) is 11.2 Å². The molecule has 2 aromatic heterocycles. The number of hydrogen-bond donors (Lipinski definition) is 3. The van der Waals surface area contributed by atoms with Crippen molar-refractivity contribution in [2.24, 2.45) is 0 Å². The average Bonchev–Trinajstić information content (AvgIpc) is 3.26. The molecule has 4 N–H and O–H groups in total. The van der Waals surface area contributed by atoms with Crippen molar-refractivity contribution in [3.05, 3.63) is 6.33 Å². The number of halogens is 1. The second kappa shape index (κ2) is 10.0. The Hall–Kier alpha value is -1.78. The van der Waals surface area contributed by atoms with Crippen molar-refractivity contribution in [2.45, 2.75) is 57.0 Å². The van der Waals surface area contributed by atoms with Crippen molar-refractivity contribution in [1.29, 1.82) is 0 Å². The molecule has 1 aliphatic rings. The Morgan fingerprint density at radius 3 is 2.93 bits per heavy atom. The van der Waals surface area contributed by atoms with Crippen molar-refractivity contribution in [3.8, 4) is 0 Å². The van der Waals surface area contributed by atoms with Gasteiger partial charge in [0.25, 0.3) is 0 Å². The molecule has 5 unspecified atom stereocenters. The molecule has 5 atom stereocenters. The summed E-state index contributed by atoms with van der Waals surface area (Å²) in [7, 11) is 1.67. The van der Waals surface area contributed by atoms with Crippen LogP contribution in [-0.2, 0) is 18.8 Å². The summed E-state index contributed by atoms with van der Waals surface area (Å²) in [4.78, 5) is 24.6. The second-order valence-electron chi connectivity index (χ2n) is 7.17. The highest BCUT2D eigenvalue weighted by Crippen LogP contribution is 2.36. The molecule has 13 heteroatoms. The third-order valence-electron chi connectivity index (χ3n) is 4.40. The number of alkyl halides is 1. The SMILES string of the molecule is CNc1nc(N)nc2c1ncn2C1OC(COPNC(C)C(=O)OC(C)C)CC1Cl. The summed E-state index contributed by atoms with van der Waals surface area (Å²) < 4.78 is 18.6. The third kappa shape index (κ3) is 5.28. The fraction of sp³-hybridized carbons (Fsp3) is 0.647. The van der Waals surface area contributed by atoms with Crippen LogP contribution in [0.5, 0.6) is 0 Å². The monoisotopic (exact) mass is 459 g/mol. The minimum atomic E-state index is -0.458. The van der Waals surface area contributed by atoms with Gasteiger partial charge in [0.2, 0.25) is 5.95 Å². The number of hydrogen-bond acceptors (Lipinski definition) is 10. The molecule has 1 aliphatic heterocycles. The quantitative estimate of drug-likeness (QED) is 0.220. The molecule has 0 saturated carbocycles. The number of nitrogen functional groups attached to an aromatic ring is 1. The summed E-state index contributed by atoms with van der Waals surface area (Å²) in [5, 5.41) is 5.66. The predicted molar refractivity (Wildman–Crippen MR) is 116 cm³/mol. The summed E-state index contributed by atoms with van der Waals surface area (Å²) in [6.45, 7) is 5.68. The van der Waals surface area contributed by atoms with Gasteiger partial charge in [-0.25, -0.2) is 4.98 Å². The molecule has 30 heavy (non-hydrogen) atoms. The molecule has 0 aromatic carbocycles. The molecule has 3 heterocycles. The maximum Gasteiger partial charge on any atom is 0.323 e. The maximum absolute atomic E-state index is 11.8. The predicted octanol–water partition coefficient (Wildman–Crippen LogP) is 1.80. The molecule has 0 aliphatic carbocycles. The van der Waals surface area contributed by atoms with Gasteiger partial charge in [0.1, 0.15) is 6.04 Å². The number of nitrogens with zero attached hydrogens (tertiary/aromatic N) is 4. The fourth-order valence-electron chi connectivity index (χ4n) is 3.00. The Kier molecular flexibility index (Phi) is 7.65. The largest absolute Gasteiger partial charge is 0.462 e. The van der Waals surface area contributed by atoms with Crippen molar-refractivity contribution < 1.29 is 18.8 Å². The number of aromatic nitrogens is 4. The van der Waals surface area contributed by atoms with Crippen LogP contribution < -0.4 is 16.1 Å². The van der Waals surface area contributed by atoms with Gasteiger partial charge in [0, 0.05) is 7.05 Å². The molecule has 0 spiro atoms. The minimum Gasteiger partial charge on any atom is -0.462 e. The molecule has 3 rings (SSSR count). The normalized spacial score (nSPS) is 22.9. The number of carbonyl (C=O) groups is 1. The van der Waals surface area contributed by atoms with Crippen molar-refractivity contribution in [2.75, 3.05) is 24.7 Å². The molecule has 2 aromatic rings. The number of esters is 1.